The fourth-order valence-electron chi connectivity index (χ4n) is 1.97. The van der Waals surface area contributed by atoms with Crippen molar-refractivity contribution in [1.29, 1.82) is 0 Å². The molecule has 0 saturated heterocycles. The Morgan fingerprint density at radius 3 is 1.88 bits per heavy atom. The first-order chi connectivity index (χ1) is 11.1. The van der Waals surface area contributed by atoms with Gasteiger partial charge in [-0.1, -0.05) is 52.6 Å². The van der Waals surface area contributed by atoms with Crippen LogP contribution in [0.2, 0.25) is 0 Å². The molecule has 25 heavy (non-hydrogen) atoms. The minimum absolute atomic E-state index is 0.000252. The van der Waals surface area contributed by atoms with Crippen LogP contribution in [0.1, 0.15) is 56.4 Å². The third-order valence-electron chi connectivity index (χ3n) is 2.64. The molecule has 7 nitrogen and oxygen atoms in total. The van der Waals surface area contributed by atoms with Crippen LogP contribution in [0, 0.1) is 0 Å². The van der Waals surface area contributed by atoms with Crippen LogP contribution in [0.4, 0.5) is 15.4 Å². The van der Waals surface area contributed by atoms with Gasteiger partial charge in [-0.3, -0.25) is 0 Å². The van der Waals surface area contributed by atoms with Crippen LogP contribution in [0.25, 0.3) is 0 Å². The van der Waals surface area contributed by atoms with Crippen LogP contribution < -0.4 is 5.32 Å². The van der Waals surface area contributed by atoms with Crippen molar-refractivity contribution in [2.75, 3.05) is 5.32 Å². The lowest BCUT2D eigenvalue weighted by Crippen LogP contribution is -2.29. The van der Waals surface area contributed by atoms with Crippen molar-refractivity contribution in [1.82, 2.24) is 4.98 Å². The van der Waals surface area contributed by atoms with Crippen LogP contribution in [-0.4, -0.2) is 33.0 Å². The van der Waals surface area contributed by atoms with Crippen LogP contribution in [-0.2, 0) is 10.2 Å². The van der Waals surface area contributed by atoms with Crippen molar-refractivity contribution in [3.8, 4) is 0 Å². The summed E-state index contributed by atoms with van der Waals surface area (Å²) in [7, 11) is 0. The summed E-state index contributed by atoms with van der Waals surface area (Å²) in [5, 5.41) is 18.5. The van der Waals surface area contributed by atoms with Crippen molar-refractivity contribution in [2.24, 2.45) is 0 Å². The normalized spacial score (nSPS) is 11.4. The second kappa shape index (κ2) is 9.38. The molecule has 1 heterocycles. The van der Waals surface area contributed by atoms with Gasteiger partial charge >= 0.3 is 12.3 Å². The highest BCUT2D eigenvalue weighted by atomic mass is 79.9. The molecule has 0 unspecified atom stereocenters. The molecule has 0 aliphatic rings. The molecule has 0 saturated carbocycles. The summed E-state index contributed by atoms with van der Waals surface area (Å²) in [6.45, 7) is 13.1. The molecule has 0 aliphatic carbocycles. The standard InChI is InChI=1S/C14H22Br2N2.C2H2O5/c1-13(2,3)10-9(11(15)16)7-8-17-12(10)18-14(4,5)6;3-1(4)7-2(5)6/h7-8,11H,1-6H3,(H,17,18);(H,3,4)(H,5,6). The second-order valence-electron chi connectivity index (χ2n) is 7.18. The molecule has 0 fully saturated rings. The molecule has 0 bridgehead atoms. The zero-order chi connectivity index (χ0) is 20.0. The number of hydrogen-bond donors (Lipinski definition) is 3. The fourth-order valence-corrected chi connectivity index (χ4v) is 2.73. The molecular weight excluding hydrogens is 460 g/mol. The van der Waals surface area contributed by atoms with E-state index in [-0.39, 0.29) is 14.7 Å². The van der Waals surface area contributed by atoms with Gasteiger partial charge in [-0.25, -0.2) is 14.6 Å². The van der Waals surface area contributed by atoms with Gasteiger partial charge in [-0.15, -0.1) is 0 Å². The van der Waals surface area contributed by atoms with Crippen LogP contribution in [0.5, 0.6) is 0 Å². The minimum atomic E-state index is -1.81. The molecule has 0 aliphatic heterocycles. The van der Waals surface area contributed by atoms with E-state index < -0.39 is 12.3 Å². The van der Waals surface area contributed by atoms with Crippen molar-refractivity contribution in [2.45, 2.75) is 56.2 Å². The second-order valence-corrected chi connectivity index (χ2v) is 10.2. The number of halogens is 2. The minimum Gasteiger partial charge on any atom is -0.449 e. The van der Waals surface area contributed by atoms with Gasteiger partial charge in [0.15, 0.2) is 0 Å². The third-order valence-corrected chi connectivity index (χ3v) is 3.62. The smallest absolute Gasteiger partial charge is 0.449 e. The van der Waals surface area contributed by atoms with Gasteiger partial charge in [0, 0.05) is 17.3 Å². The topological polar surface area (TPSA) is 109 Å². The van der Waals surface area contributed by atoms with E-state index in [1.54, 1.807) is 0 Å². The molecule has 0 amide bonds. The number of alkyl halides is 2. The number of hydrogen-bond acceptors (Lipinski definition) is 5. The lowest BCUT2D eigenvalue weighted by Gasteiger charge is -2.30. The van der Waals surface area contributed by atoms with Gasteiger partial charge < -0.3 is 20.3 Å². The molecule has 0 aromatic carbocycles. The third kappa shape index (κ3) is 9.64. The Bertz CT molecular complexity index is 596. The van der Waals surface area contributed by atoms with Gasteiger partial charge in [0.25, 0.3) is 0 Å². The number of aromatic nitrogens is 1. The Morgan fingerprint density at radius 1 is 1.12 bits per heavy atom. The lowest BCUT2D eigenvalue weighted by atomic mass is 9.84. The Labute approximate surface area is 164 Å². The predicted octanol–water partition coefficient (Wildman–Crippen LogP) is 5.74. The highest BCUT2D eigenvalue weighted by molar-refractivity contribution is 9.24. The largest absolute Gasteiger partial charge is 0.516 e. The number of nitrogens with one attached hydrogen (secondary N) is 1. The summed E-state index contributed by atoms with van der Waals surface area (Å²) in [6.07, 6.45) is -1.77. The maximum atomic E-state index is 9.21. The van der Waals surface area contributed by atoms with Crippen LogP contribution >= 0.6 is 31.9 Å². The summed E-state index contributed by atoms with van der Waals surface area (Å²) >= 11 is 7.20. The van der Waals surface area contributed by atoms with E-state index in [0.29, 0.717) is 0 Å². The van der Waals surface area contributed by atoms with E-state index in [2.05, 4.69) is 94.5 Å². The summed E-state index contributed by atoms with van der Waals surface area (Å²) in [5.41, 5.74) is 2.51. The van der Waals surface area contributed by atoms with Crippen LogP contribution in [0.15, 0.2) is 12.3 Å². The quantitative estimate of drug-likeness (QED) is 0.279. The molecule has 0 atom stereocenters. The number of rotatable bonds is 2. The molecular formula is C16H24Br2N2O5. The van der Waals surface area contributed by atoms with Crippen LogP contribution in [0.3, 0.4) is 0 Å². The summed E-state index contributed by atoms with van der Waals surface area (Å²) < 4.78 is 3.22. The van der Waals surface area contributed by atoms with Gasteiger partial charge in [-0.05, 0) is 37.8 Å². The summed E-state index contributed by atoms with van der Waals surface area (Å²) in [6, 6.07) is 2.06. The molecule has 1 rings (SSSR count). The van der Waals surface area contributed by atoms with E-state index in [1.807, 2.05) is 6.20 Å². The van der Waals surface area contributed by atoms with E-state index in [0.717, 1.165) is 5.82 Å². The Hall–Kier alpha value is -1.35. The number of nitrogens with zero attached hydrogens (tertiary/aromatic N) is 1. The van der Waals surface area contributed by atoms with E-state index in [1.165, 1.54) is 11.1 Å². The molecule has 9 heteroatoms. The van der Waals surface area contributed by atoms with Crippen molar-refractivity contribution >= 4 is 50.0 Å². The molecule has 0 radical (unpaired) electrons. The van der Waals surface area contributed by atoms with Gasteiger partial charge in [0.1, 0.15) is 5.82 Å². The molecule has 3 N–H and O–H groups in total. The predicted molar refractivity (Wildman–Crippen MR) is 104 cm³/mol. The van der Waals surface area contributed by atoms with E-state index in [4.69, 9.17) is 10.2 Å². The molecule has 1 aromatic heterocycles. The first-order valence-electron chi connectivity index (χ1n) is 7.34. The zero-order valence-electron chi connectivity index (χ0n) is 15.1. The van der Waals surface area contributed by atoms with Gasteiger partial charge in [0.2, 0.25) is 0 Å². The van der Waals surface area contributed by atoms with Gasteiger partial charge in [-0.2, -0.15) is 0 Å². The number of ether oxygens (including phenoxy) is 1. The SMILES string of the molecule is CC(C)(C)Nc1nccc(C(Br)Br)c1C(C)(C)C.O=C(O)OC(=O)O. The monoisotopic (exact) mass is 482 g/mol. The molecule has 1 aromatic rings. The number of carbonyl (C=O) groups is 2. The van der Waals surface area contributed by atoms with Crippen molar-refractivity contribution < 1.29 is 24.5 Å². The maximum Gasteiger partial charge on any atom is 0.516 e. The van der Waals surface area contributed by atoms with Crippen molar-refractivity contribution in [3.05, 3.63) is 23.4 Å². The summed E-state index contributed by atoms with van der Waals surface area (Å²) in [4.78, 5) is 22.9. The lowest BCUT2D eigenvalue weighted by molar-refractivity contribution is 0.0802. The highest BCUT2D eigenvalue weighted by Crippen LogP contribution is 2.40. The molecule has 142 valence electrons. The van der Waals surface area contributed by atoms with E-state index in [9.17, 15) is 9.59 Å². The number of anilines is 1. The zero-order valence-corrected chi connectivity index (χ0v) is 18.2. The Kier molecular flexibility index (Phi) is 8.87. The first kappa shape index (κ1) is 23.6. The Balaban J connectivity index is 0.000000697. The first-order valence-corrected chi connectivity index (χ1v) is 9.17. The van der Waals surface area contributed by atoms with Gasteiger partial charge in [0.05, 0.1) is 3.74 Å². The Morgan fingerprint density at radius 2 is 1.60 bits per heavy atom. The average Bonchev–Trinajstić information content (AvgIpc) is 2.33. The summed E-state index contributed by atoms with van der Waals surface area (Å²) in [5.74, 6) is 0.969. The number of pyridine rings is 1. The maximum absolute atomic E-state index is 9.21. The molecule has 0 spiro atoms. The fraction of sp³-hybridized carbons (Fsp3) is 0.562. The highest BCUT2D eigenvalue weighted by Gasteiger charge is 2.26. The van der Waals surface area contributed by atoms with E-state index >= 15 is 0 Å². The number of carboxylic acid groups (broad SMARTS) is 2. The van der Waals surface area contributed by atoms with Crippen molar-refractivity contribution in [3.63, 3.8) is 0 Å². The average molecular weight is 484 g/mol.